The summed E-state index contributed by atoms with van der Waals surface area (Å²) in [4.78, 5) is 85.5. The Balaban J connectivity index is 1.63. The van der Waals surface area contributed by atoms with E-state index in [2.05, 4.69) is 30.9 Å². The molecule has 0 aliphatic carbocycles. The Morgan fingerprint density at radius 2 is 0.619 bits per heavy atom. The fraction of sp³-hybridized carbons (Fsp3) is 0.375. The zero-order chi connectivity index (χ0) is 31.0. The minimum atomic E-state index is -1.47. The molecule has 4 rings (SSSR count). The molecule has 0 saturated carbocycles. The number of cyclic esters (lactones) is 6. The Bertz CT molecular complexity index is 1250. The van der Waals surface area contributed by atoms with Gasteiger partial charge in [-0.25, -0.2) is 28.8 Å². The number of esters is 6. The maximum absolute atomic E-state index is 12.2. The van der Waals surface area contributed by atoms with E-state index < -0.39 is 69.9 Å². The Morgan fingerprint density at radius 1 is 0.429 bits per heavy atom. The number of carbonyl (C=O) groups excluding carboxylic acids is 6. The van der Waals surface area contributed by atoms with E-state index in [4.69, 9.17) is 28.4 Å². The molecule has 18 nitrogen and oxygen atoms in total. The van der Waals surface area contributed by atoms with E-state index in [0.29, 0.717) is 0 Å². The summed E-state index contributed by atoms with van der Waals surface area (Å²) >= 11 is 0. The molecule has 0 atom stereocenters. The van der Waals surface area contributed by atoms with Gasteiger partial charge in [0.1, 0.15) is 0 Å². The summed E-state index contributed by atoms with van der Waals surface area (Å²) < 4.78 is 30.1. The molecular formula is C24H24N6O12. The third kappa shape index (κ3) is 6.77. The first kappa shape index (κ1) is 29.4. The number of carbonyl (C=O) groups is 6. The molecule has 1 aromatic heterocycles. The Hall–Kier alpha value is -5.55. The highest BCUT2D eigenvalue weighted by Crippen LogP contribution is 2.25. The standard InChI is InChI=1S/C24H24N6O12/c1-22(2)37-13(31)10(14(32)38-22)7-25-19-28-20(26-8-11-15(33)39-23(3,4)40-16(11)34)30-21(29-19)27-9-12-17(35)41-24(5,6)42-18(12)36/h7-9H,1-6H3,(H3,25,26,27,28,29,30). The number of rotatable bonds is 6. The lowest BCUT2D eigenvalue weighted by molar-refractivity contribution is -0.224. The van der Waals surface area contributed by atoms with Gasteiger partial charge in [-0.15, -0.1) is 0 Å². The maximum atomic E-state index is 12.2. The molecule has 4 heterocycles. The van der Waals surface area contributed by atoms with E-state index in [1.807, 2.05) is 0 Å². The zero-order valence-electron chi connectivity index (χ0n) is 23.0. The number of hydrogen-bond donors (Lipinski definition) is 3. The van der Waals surface area contributed by atoms with Gasteiger partial charge in [-0.2, -0.15) is 15.0 Å². The molecule has 222 valence electrons. The van der Waals surface area contributed by atoms with Gasteiger partial charge in [0.05, 0.1) is 0 Å². The van der Waals surface area contributed by atoms with E-state index >= 15 is 0 Å². The number of anilines is 3. The van der Waals surface area contributed by atoms with Crippen LogP contribution in [-0.4, -0.2) is 68.1 Å². The summed E-state index contributed by atoms with van der Waals surface area (Å²) in [6.45, 7) is 8.22. The summed E-state index contributed by atoms with van der Waals surface area (Å²) in [6, 6.07) is 0. The molecule has 0 bridgehead atoms. The van der Waals surface area contributed by atoms with Gasteiger partial charge in [-0.3, -0.25) is 0 Å². The monoisotopic (exact) mass is 588 g/mol. The van der Waals surface area contributed by atoms with E-state index in [9.17, 15) is 28.8 Å². The molecule has 1 aromatic rings. The van der Waals surface area contributed by atoms with Gasteiger partial charge < -0.3 is 44.4 Å². The van der Waals surface area contributed by atoms with Crippen LogP contribution in [0.5, 0.6) is 0 Å². The van der Waals surface area contributed by atoms with E-state index in [1.165, 1.54) is 41.5 Å². The van der Waals surface area contributed by atoms with Gasteiger partial charge in [-0.05, 0) is 0 Å². The lowest BCUT2D eigenvalue weighted by Gasteiger charge is -2.29. The molecule has 3 fully saturated rings. The summed E-state index contributed by atoms with van der Waals surface area (Å²) in [5, 5.41) is 7.51. The van der Waals surface area contributed by atoms with Crippen LogP contribution in [0.25, 0.3) is 0 Å². The van der Waals surface area contributed by atoms with Crippen molar-refractivity contribution in [3.8, 4) is 0 Å². The van der Waals surface area contributed by atoms with Crippen LogP contribution in [-0.2, 0) is 57.2 Å². The van der Waals surface area contributed by atoms with E-state index in [1.54, 1.807) is 0 Å². The summed E-state index contributed by atoms with van der Waals surface area (Å²) in [5.41, 5.74) is -1.56. The number of nitrogens with zero attached hydrogens (tertiary/aromatic N) is 3. The second kappa shape index (κ2) is 10.5. The van der Waals surface area contributed by atoms with Crippen LogP contribution in [0.2, 0.25) is 0 Å². The Morgan fingerprint density at radius 3 is 0.810 bits per heavy atom. The number of nitrogens with one attached hydrogen (secondary N) is 3. The molecule has 0 radical (unpaired) electrons. The number of ether oxygens (including phenoxy) is 6. The molecule has 3 saturated heterocycles. The second-order valence-electron chi connectivity index (χ2n) is 9.95. The first-order valence-corrected chi connectivity index (χ1v) is 12.0. The van der Waals surface area contributed by atoms with Crippen molar-refractivity contribution in [2.45, 2.75) is 58.9 Å². The molecular weight excluding hydrogens is 564 g/mol. The van der Waals surface area contributed by atoms with Gasteiger partial charge >= 0.3 is 35.8 Å². The van der Waals surface area contributed by atoms with Gasteiger partial charge in [0.15, 0.2) is 16.7 Å². The smallest absolute Gasteiger partial charge is 0.350 e. The van der Waals surface area contributed by atoms with Crippen LogP contribution in [0.1, 0.15) is 41.5 Å². The highest BCUT2D eigenvalue weighted by Gasteiger charge is 2.41. The van der Waals surface area contributed by atoms with E-state index in [0.717, 1.165) is 18.6 Å². The van der Waals surface area contributed by atoms with Crippen LogP contribution >= 0.6 is 0 Å². The van der Waals surface area contributed by atoms with Crippen molar-refractivity contribution in [2.75, 3.05) is 16.0 Å². The van der Waals surface area contributed by atoms with Crippen LogP contribution in [0.4, 0.5) is 17.8 Å². The Kier molecular flexibility index (Phi) is 7.32. The predicted molar refractivity (Wildman–Crippen MR) is 134 cm³/mol. The summed E-state index contributed by atoms with van der Waals surface area (Å²) in [6.07, 6.45) is 2.74. The minimum Gasteiger partial charge on any atom is -0.419 e. The Labute approximate surface area is 236 Å². The van der Waals surface area contributed by atoms with Crippen LogP contribution in [0, 0.1) is 0 Å². The molecule has 0 amide bonds. The fourth-order valence-electron chi connectivity index (χ4n) is 3.32. The second-order valence-corrected chi connectivity index (χ2v) is 9.95. The van der Waals surface area contributed by atoms with Gasteiger partial charge in [-0.1, -0.05) is 0 Å². The molecule has 0 unspecified atom stereocenters. The lowest BCUT2D eigenvalue weighted by atomic mass is 10.2. The predicted octanol–water partition coefficient (Wildman–Crippen LogP) is 0.267. The minimum absolute atomic E-state index is 0.311. The van der Waals surface area contributed by atoms with Gasteiger partial charge in [0.25, 0.3) is 17.4 Å². The third-order valence-electron chi connectivity index (χ3n) is 5.02. The number of aromatic nitrogens is 3. The van der Waals surface area contributed by atoms with Crippen LogP contribution < -0.4 is 16.0 Å². The quantitative estimate of drug-likeness (QED) is 0.175. The first-order chi connectivity index (χ1) is 19.4. The van der Waals surface area contributed by atoms with Crippen molar-refractivity contribution in [3.63, 3.8) is 0 Å². The van der Waals surface area contributed by atoms with Crippen molar-refractivity contribution < 1.29 is 57.2 Å². The van der Waals surface area contributed by atoms with Crippen LogP contribution in [0.15, 0.2) is 35.3 Å². The van der Waals surface area contributed by atoms with Crippen molar-refractivity contribution in [1.82, 2.24) is 15.0 Å². The first-order valence-electron chi connectivity index (χ1n) is 12.0. The van der Waals surface area contributed by atoms with Crippen molar-refractivity contribution >= 4 is 53.7 Å². The maximum Gasteiger partial charge on any atom is 0.350 e. The largest absolute Gasteiger partial charge is 0.419 e. The molecule has 3 aliphatic rings. The van der Waals surface area contributed by atoms with Crippen molar-refractivity contribution in [1.29, 1.82) is 0 Å². The zero-order valence-corrected chi connectivity index (χ0v) is 23.0. The average Bonchev–Trinajstić information content (AvgIpc) is 2.80. The topological polar surface area (TPSA) is 233 Å². The molecule has 0 aromatic carbocycles. The molecule has 18 heteroatoms. The third-order valence-corrected chi connectivity index (χ3v) is 5.02. The fourth-order valence-corrected chi connectivity index (χ4v) is 3.32. The van der Waals surface area contributed by atoms with Crippen LogP contribution in [0.3, 0.4) is 0 Å². The summed E-state index contributed by atoms with van der Waals surface area (Å²) in [5.74, 6) is -11.3. The highest BCUT2D eigenvalue weighted by atomic mass is 16.8. The molecule has 0 spiro atoms. The lowest BCUT2D eigenvalue weighted by Crippen LogP contribution is -2.42. The number of hydrogen-bond acceptors (Lipinski definition) is 18. The molecule has 3 aliphatic heterocycles. The van der Waals surface area contributed by atoms with Gasteiger partial charge in [0.2, 0.25) is 17.8 Å². The molecule has 42 heavy (non-hydrogen) atoms. The van der Waals surface area contributed by atoms with Gasteiger partial charge in [0, 0.05) is 60.1 Å². The average molecular weight is 588 g/mol. The highest BCUT2D eigenvalue weighted by molar-refractivity contribution is 6.16. The SMILES string of the molecule is CC1(C)OC(=O)C(=CNc2nc(NC=C3C(=O)OC(C)(C)OC3=O)nc(NC=C3C(=O)OC(C)(C)OC3=O)n2)C(=O)O1. The molecule has 3 N–H and O–H groups in total. The summed E-state index contributed by atoms with van der Waals surface area (Å²) in [7, 11) is 0. The van der Waals surface area contributed by atoms with Crippen molar-refractivity contribution in [3.05, 3.63) is 35.3 Å². The van der Waals surface area contributed by atoms with Crippen molar-refractivity contribution in [2.24, 2.45) is 0 Å². The van der Waals surface area contributed by atoms with E-state index in [-0.39, 0.29) is 17.8 Å². The normalized spacial score (nSPS) is 20.6.